The van der Waals surface area contributed by atoms with Gasteiger partial charge in [-0.15, -0.1) is 10.2 Å². The summed E-state index contributed by atoms with van der Waals surface area (Å²) >= 11 is 0. The highest BCUT2D eigenvalue weighted by molar-refractivity contribution is 5.95. The molecule has 14 nitrogen and oxygen atoms in total. The van der Waals surface area contributed by atoms with Crippen LogP contribution < -0.4 is 16.0 Å². The number of hydrogen-bond acceptors (Lipinski definition) is 10. The van der Waals surface area contributed by atoms with Crippen LogP contribution in [0.3, 0.4) is 0 Å². The monoisotopic (exact) mass is 697 g/mol. The molecule has 1 saturated heterocycles. The molecule has 270 valence electrons. The van der Waals surface area contributed by atoms with Gasteiger partial charge < -0.3 is 31.1 Å². The molecular formula is C37H47N9O5. The van der Waals surface area contributed by atoms with Crippen LogP contribution in [0.15, 0.2) is 36.4 Å². The summed E-state index contributed by atoms with van der Waals surface area (Å²) in [5.74, 6) is 0.0800. The minimum atomic E-state index is -1.08. The first-order valence-electron chi connectivity index (χ1n) is 17.6. The number of H-pyrrole nitrogens is 1. The third-order valence-electron chi connectivity index (χ3n) is 10.2. The van der Waals surface area contributed by atoms with Crippen LogP contribution in [0.2, 0.25) is 0 Å². The van der Waals surface area contributed by atoms with Crippen LogP contribution in [0.4, 0.5) is 0 Å². The number of benzene rings is 2. The quantitative estimate of drug-likeness (QED) is 0.161. The van der Waals surface area contributed by atoms with Crippen LogP contribution in [0.1, 0.15) is 103 Å². The molecular weight excluding hydrogens is 650 g/mol. The van der Waals surface area contributed by atoms with Gasteiger partial charge in [0.05, 0.1) is 29.2 Å². The summed E-state index contributed by atoms with van der Waals surface area (Å²) in [5, 5.41) is 54.7. The first kappa shape index (κ1) is 36.1. The number of aromatic amines is 1. The lowest BCUT2D eigenvalue weighted by Gasteiger charge is -2.36. The van der Waals surface area contributed by atoms with Gasteiger partial charge in [0.2, 0.25) is 5.91 Å². The van der Waals surface area contributed by atoms with Crippen molar-refractivity contribution in [3.05, 3.63) is 75.6 Å². The Hall–Kier alpha value is -4.71. The van der Waals surface area contributed by atoms with Crippen molar-refractivity contribution in [3.63, 3.8) is 0 Å². The van der Waals surface area contributed by atoms with E-state index in [1.165, 1.54) is 0 Å². The summed E-state index contributed by atoms with van der Waals surface area (Å²) in [6, 6.07) is 12.8. The number of hydrogen-bond donors (Lipinski definition) is 6. The number of fused-ring (bicyclic) bond motifs is 3. The van der Waals surface area contributed by atoms with Gasteiger partial charge in [0.25, 0.3) is 11.8 Å². The van der Waals surface area contributed by atoms with E-state index in [9.17, 15) is 29.9 Å². The minimum absolute atomic E-state index is 0.0607. The van der Waals surface area contributed by atoms with E-state index < -0.39 is 22.7 Å². The second kappa shape index (κ2) is 13.8. The van der Waals surface area contributed by atoms with Gasteiger partial charge in [0.1, 0.15) is 6.04 Å². The number of nitrogens with zero attached hydrogens (tertiary/aromatic N) is 5. The lowest BCUT2D eigenvalue weighted by Crippen LogP contribution is -2.46. The first-order chi connectivity index (χ1) is 24.1. The maximum atomic E-state index is 13.4. The third kappa shape index (κ3) is 7.66. The molecule has 2 heterocycles. The number of aliphatic hydroxyl groups is 2. The zero-order chi connectivity index (χ0) is 36.7. The number of piperidine rings is 1. The van der Waals surface area contributed by atoms with Gasteiger partial charge >= 0.3 is 0 Å². The van der Waals surface area contributed by atoms with Crippen molar-refractivity contribution in [1.82, 2.24) is 41.5 Å². The lowest BCUT2D eigenvalue weighted by molar-refractivity contribution is -0.131. The van der Waals surface area contributed by atoms with E-state index in [-0.39, 0.29) is 49.4 Å². The van der Waals surface area contributed by atoms with Gasteiger partial charge in [-0.2, -0.15) is 10.5 Å². The molecule has 6 N–H and O–H groups in total. The number of carbonyl (C=O) groups excluding carboxylic acids is 3. The summed E-state index contributed by atoms with van der Waals surface area (Å²) in [4.78, 5) is 41.6. The van der Waals surface area contributed by atoms with Crippen molar-refractivity contribution in [2.45, 2.75) is 101 Å². The van der Waals surface area contributed by atoms with Crippen LogP contribution in [0.25, 0.3) is 0 Å². The van der Waals surface area contributed by atoms with Crippen molar-refractivity contribution in [2.75, 3.05) is 19.6 Å². The largest absolute Gasteiger partial charge is 0.389 e. The Morgan fingerprint density at radius 1 is 0.980 bits per heavy atom. The first-order valence-corrected chi connectivity index (χ1v) is 17.6. The van der Waals surface area contributed by atoms with Gasteiger partial charge in [-0.3, -0.25) is 14.4 Å². The topological polar surface area (TPSA) is 209 Å². The molecule has 1 saturated carbocycles. The summed E-state index contributed by atoms with van der Waals surface area (Å²) in [7, 11) is 0. The molecule has 2 fully saturated rings. The molecule has 14 heteroatoms. The van der Waals surface area contributed by atoms with Crippen molar-refractivity contribution in [1.29, 1.82) is 5.26 Å². The van der Waals surface area contributed by atoms with Crippen molar-refractivity contribution in [3.8, 4) is 6.07 Å². The predicted molar refractivity (Wildman–Crippen MR) is 186 cm³/mol. The number of amides is 3. The normalized spacial score (nSPS) is 21.0. The van der Waals surface area contributed by atoms with E-state index in [0.717, 1.165) is 35.1 Å². The Morgan fingerprint density at radius 3 is 2.04 bits per heavy atom. The summed E-state index contributed by atoms with van der Waals surface area (Å²) in [5.41, 5.74) is 1.20. The zero-order valence-electron chi connectivity index (χ0n) is 29.8. The Morgan fingerprint density at radius 2 is 1.55 bits per heavy atom. The van der Waals surface area contributed by atoms with Gasteiger partial charge in [0, 0.05) is 36.3 Å². The molecule has 51 heavy (non-hydrogen) atoms. The zero-order valence-corrected chi connectivity index (χ0v) is 29.8. The van der Waals surface area contributed by atoms with E-state index in [1.807, 2.05) is 31.2 Å². The molecule has 3 amide bonds. The molecule has 0 bridgehead atoms. The molecule has 0 radical (unpaired) electrons. The molecule has 3 aromatic rings. The summed E-state index contributed by atoms with van der Waals surface area (Å²) in [6.07, 6.45) is 3.14. The van der Waals surface area contributed by atoms with Gasteiger partial charge in [-0.1, -0.05) is 17.3 Å². The minimum Gasteiger partial charge on any atom is -0.389 e. The predicted octanol–water partition coefficient (Wildman–Crippen LogP) is 1.52. The van der Waals surface area contributed by atoms with Crippen molar-refractivity contribution in [2.24, 2.45) is 5.92 Å². The highest BCUT2D eigenvalue weighted by Gasteiger charge is 2.54. The molecule has 6 rings (SSSR count). The van der Waals surface area contributed by atoms with Gasteiger partial charge in [0.15, 0.2) is 5.82 Å². The molecule has 1 aromatic heterocycles. The average Bonchev–Trinajstić information content (AvgIpc) is 3.46. The number of nitrogens with one attached hydrogen (secondary N) is 4. The fourth-order valence-electron chi connectivity index (χ4n) is 7.64. The van der Waals surface area contributed by atoms with Gasteiger partial charge in [-0.05, 0) is 119 Å². The maximum Gasteiger partial charge on any atom is 0.251 e. The van der Waals surface area contributed by atoms with Crippen molar-refractivity contribution >= 4 is 17.7 Å². The second-order valence-corrected chi connectivity index (χ2v) is 15.6. The Bertz CT molecular complexity index is 1760. The number of nitriles is 1. The highest BCUT2D eigenvalue weighted by Crippen LogP contribution is 2.48. The molecule has 4 atom stereocenters. The molecule has 2 unspecified atom stereocenters. The summed E-state index contributed by atoms with van der Waals surface area (Å²) < 4.78 is 0. The smallest absolute Gasteiger partial charge is 0.251 e. The fourth-order valence-corrected chi connectivity index (χ4v) is 7.64. The van der Waals surface area contributed by atoms with E-state index in [4.69, 9.17) is 0 Å². The third-order valence-corrected chi connectivity index (χ3v) is 10.2. The van der Waals surface area contributed by atoms with Crippen LogP contribution in [0.5, 0.6) is 0 Å². The highest BCUT2D eigenvalue weighted by atomic mass is 16.3. The van der Waals surface area contributed by atoms with Crippen LogP contribution in [0, 0.1) is 17.2 Å². The van der Waals surface area contributed by atoms with E-state index in [1.54, 1.807) is 44.7 Å². The molecule has 2 aromatic carbocycles. The standard InChI is InChI=1S/C37H47N9O5/c1-21(39-18-31(47)46-27(17-38)14-26-15-30(26)46)16-37(34-42-44-45-43-34)28-10-8-24(32(48)40-19-35(2,3)50)12-22(28)6-7-23-13-25(9-11-29(23)37)33(49)41-20-36(4,5)51/h8-13,21,26-27,30,39,50-51H,6-7,14-16,18-20H2,1-5H3,(H,40,48)(H,41,49)(H,42,43,44,45)/t21-,26?,27?,30+/m1/s1. The maximum absolute atomic E-state index is 13.4. The Labute approximate surface area is 297 Å². The van der Waals surface area contributed by atoms with E-state index in [2.05, 4.69) is 42.6 Å². The van der Waals surface area contributed by atoms with Gasteiger partial charge in [-0.25, -0.2) is 0 Å². The number of aromatic nitrogens is 4. The van der Waals surface area contributed by atoms with E-state index >= 15 is 0 Å². The van der Waals surface area contributed by atoms with E-state index in [0.29, 0.717) is 42.1 Å². The average molecular weight is 698 g/mol. The van der Waals surface area contributed by atoms with Crippen LogP contribution in [-0.2, 0) is 23.1 Å². The molecule has 3 aliphatic rings. The Kier molecular flexibility index (Phi) is 9.75. The Balaban J connectivity index is 1.38. The summed E-state index contributed by atoms with van der Waals surface area (Å²) in [6.45, 7) is 8.70. The van der Waals surface area contributed by atoms with Crippen LogP contribution >= 0.6 is 0 Å². The number of carbonyl (C=O) groups is 3. The second-order valence-electron chi connectivity index (χ2n) is 15.6. The number of rotatable bonds is 12. The van der Waals surface area contributed by atoms with Crippen molar-refractivity contribution < 1.29 is 24.6 Å². The number of likely N-dealkylation sites (tertiary alicyclic amines) is 1. The number of tetrazole rings is 1. The van der Waals surface area contributed by atoms with Crippen LogP contribution in [-0.4, -0.2) is 102 Å². The molecule has 1 aliphatic heterocycles. The number of aryl methyl sites for hydroxylation is 2. The SMILES string of the molecule is C[C@H](CC1(c2nn[nH]n2)c2ccc(C(=O)NCC(C)(C)O)cc2CCc2cc(C(=O)NCC(C)(C)O)ccc21)NCC(=O)N1C(C#N)CC2C[C@@H]21. The lowest BCUT2D eigenvalue weighted by atomic mass is 9.67. The fraction of sp³-hybridized carbons (Fsp3) is 0.541. The molecule has 2 aliphatic carbocycles. The molecule has 0 spiro atoms.